The average molecular weight is 216 g/mol. The van der Waals surface area contributed by atoms with Crippen molar-refractivity contribution in [3.63, 3.8) is 0 Å². The van der Waals surface area contributed by atoms with Crippen molar-refractivity contribution in [2.75, 3.05) is 6.61 Å². The Hall–Kier alpha value is -1.83. The molecule has 2 heteroatoms. The van der Waals surface area contributed by atoms with E-state index in [9.17, 15) is 4.79 Å². The largest absolute Gasteiger partial charge is 0.462 e. The first-order valence-corrected chi connectivity index (χ1v) is 5.22. The number of allylic oxidation sites excluding steroid dienone is 2. The van der Waals surface area contributed by atoms with Crippen molar-refractivity contribution in [2.24, 2.45) is 0 Å². The molecule has 0 amide bonds. The van der Waals surface area contributed by atoms with Gasteiger partial charge in [0, 0.05) is 6.92 Å². The van der Waals surface area contributed by atoms with E-state index in [1.165, 1.54) is 6.92 Å². The number of carbonyl (C=O) groups excluding carboxylic acids is 1. The maximum absolute atomic E-state index is 10.5. The molecule has 84 valence electrons. The second-order valence-corrected chi connectivity index (χ2v) is 3.50. The Labute approximate surface area is 96.2 Å². The number of hydrogen-bond acceptors (Lipinski definition) is 2. The van der Waals surface area contributed by atoms with E-state index in [-0.39, 0.29) is 5.97 Å². The molecule has 0 radical (unpaired) electrons. The van der Waals surface area contributed by atoms with E-state index in [2.05, 4.69) is 6.08 Å². The predicted octanol–water partition coefficient (Wildman–Crippen LogP) is 3.21. The second kappa shape index (κ2) is 6.62. The zero-order valence-corrected chi connectivity index (χ0v) is 9.64. The molecule has 0 atom stereocenters. The van der Waals surface area contributed by atoms with Crippen LogP contribution in [-0.2, 0) is 9.53 Å². The summed E-state index contributed by atoms with van der Waals surface area (Å²) in [6.07, 6.45) is 5.84. The number of esters is 1. The van der Waals surface area contributed by atoms with Gasteiger partial charge in [-0.3, -0.25) is 4.79 Å². The Kier molecular flexibility index (Phi) is 5.06. The fraction of sp³-hybridized carbons (Fsp3) is 0.214. The van der Waals surface area contributed by atoms with E-state index >= 15 is 0 Å². The highest BCUT2D eigenvalue weighted by Crippen LogP contribution is 2.06. The minimum Gasteiger partial charge on any atom is -0.462 e. The van der Waals surface area contributed by atoms with E-state index < -0.39 is 0 Å². The molecule has 16 heavy (non-hydrogen) atoms. The van der Waals surface area contributed by atoms with Gasteiger partial charge in [-0.2, -0.15) is 0 Å². The standard InChI is InChI=1S/C14H16O2/c1-12(7-6-10-16-13(2)15)11-14-8-4-3-5-9-14/h3-9,11H,10H2,1-2H3/b7-6+,12-11+. The molecule has 0 heterocycles. The first-order valence-electron chi connectivity index (χ1n) is 5.22. The quantitative estimate of drug-likeness (QED) is 0.570. The lowest BCUT2D eigenvalue weighted by atomic mass is 10.1. The van der Waals surface area contributed by atoms with E-state index in [1.54, 1.807) is 0 Å². The smallest absolute Gasteiger partial charge is 0.302 e. The van der Waals surface area contributed by atoms with Crippen LogP contribution < -0.4 is 0 Å². The summed E-state index contributed by atoms with van der Waals surface area (Å²) in [5.74, 6) is -0.255. The van der Waals surface area contributed by atoms with Crippen LogP contribution in [0.25, 0.3) is 6.08 Å². The first kappa shape index (κ1) is 12.2. The van der Waals surface area contributed by atoms with Gasteiger partial charge >= 0.3 is 5.97 Å². The summed E-state index contributed by atoms with van der Waals surface area (Å²) in [5.41, 5.74) is 2.29. The number of hydrogen-bond donors (Lipinski definition) is 0. The van der Waals surface area contributed by atoms with Gasteiger partial charge in [0.05, 0.1) is 0 Å². The van der Waals surface area contributed by atoms with Gasteiger partial charge in [-0.05, 0) is 18.6 Å². The molecule has 0 aliphatic heterocycles. The van der Waals surface area contributed by atoms with Crippen LogP contribution in [0, 0.1) is 0 Å². The molecule has 1 rings (SSSR count). The van der Waals surface area contributed by atoms with E-state index in [0.717, 1.165) is 11.1 Å². The third-order valence-electron chi connectivity index (χ3n) is 1.96. The van der Waals surface area contributed by atoms with Crippen molar-refractivity contribution in [3.05, 3.63) is 53.6 Å². The highest BCUT2D eigenvalue weighted by atomic mass is 16.5. The number of rotatable bonds is 4. The maximum atomic E-state index is 10.5. The topological polar surface area (TPSA) is 26.3 Å². The SMILES string of the molecule is CC(=O)OC/C=C/C(C)=C/c1ccccc1. The fourth-order valence-corrected chi connectivity index (χ4v) is 1.26. The molecule has 0 unspecified atom stereocenters. The zero-order chi connectivity index (χ0) is 11.8. The van der Waals surface area contributed by atoms with Crippen LogP contribution in [0.5, 0.6) is 0 Å². The molecule has 0 saturated heterocycles. The van der Waals surface area contributed by atoms with Gasteiger partial charge in [0.25, 0.3) is 0 Å². The zero-order valence-electron chi connectivity index (χ0n) is 9.64. The van der Waals surface area contributed by atoms with Crippen LogP contribution in [-0.4, -0.2) is 12.6 Å². The van der Waals surface area contributed by atoms with Crippen molar-refractivity contribution in [3.8, 4) is 0 Å². The normalized spacial score (nSPS) is 11.8. The highest BCUT2D eigenvalue weighted by Gasteiger charge is 1.88. The van der Waals surface area contributed by atoms with E-state index in [1.807, 2.05) is 49.4 Å². The summed E-state index contributed by atoms with van der Waals surface area (Å²) in [4.78, 5) is 10.5. The Morgan fingerprint density at radius 1 is 1.25 bits per heavy atom. The Morgan fingerprint density at radius 2 is 1.94 bits per heavy atom. The number of benzene rings is 1. The molecule has 0 fully saturated rings. The molecule has 0 spiro atoms. The summed E-state index contributed by atoms with van der Waals surface area (Å²) in [7, 11) is 0. The third kappa shape index (κ3) is 5.15. The van der Waals surface area contributed by atoms with Crippen LogP contribution in [0.2, 0.25) is 0 Å². The van der Waals surface area contributed by atoms with Crippen LogP contribution in [0.4, 0.5) is 0 Å². The monoisotopic (exact) mass is 216 g/mol. The van der Waals surface area contributed by atoms with E-state index in [0.29, 0.717) is 6.61 Å². The van der Waals surface area contributed by atoms with Gasteiger partial charge in [0.15, 0.2) is 0 Å². The summed E-state index contributed by atoms with van der Waals surface area (Å²) in [5, 5.41) is 0. The van der Waals surface area contributed by atoms with Gasteiger partial charge in [-0.15, -0.1) is 0 Å². The molecular weight excluding hydrogens is 200 g/mol. The van der Waals surface area contributed by atoms with Crippen LogP contribution >= 0.6 is 0 Å². The maximum Gasteiger partial charge on any atom is 0.302 e. The van der Waals surface area contributed by atoms with Crippen LogP contribution in [0.3, 0.4) is 0 Å². The molecule has 0 aliphatic carbocycles. The van der Waals surface area contributed by atoms with Crippen molar-refractivity contribution in [2.45, 2.75) is 13.8 Å². The van der Waals surface area contributed by atoms with E-state index in [4.69, 9.17) is 4.74 Å². The summed E-state index contributed by atoms with van der Waals surface area (Å²) in [6, 6.07) is 10.1. The van der Waals surface area contributed by atoms with Gasteiger partial charge in [-0.1, -0.05) is 48.1 Å². The van der Waals surface area contributed by atoms with Gasteiger partial charge in [0.2, 0.25) is 0 Å². The van der Waals surface area contributed by atoms with Crippen molar-refractivity contribution < 1.29 is 9.53 Å². The van der Waals surface area contributed by atoms with Crippen molar-refractivity contribution in [1.29, 1.82) is 0 Å². The van der Waals surface area contributed by atoms with Crippen molar-refractivity contribution in [1.82, 2.24) is 0 Å². The summed E-state index contributed by atoms with van der Waals surface area (Å²) in [6.45, 7) is 3.74. The average Bonchev–Trinajstić information content (AvgIpc) is 2.25. The third-order valence-corrected chi connectivity index (χ3v) is 1.96. The molecule has 0 N–H and O–H groups in total. The number of ether oxygens (including phenoxy) is 1. The summed E-state index contributed by atoms with van der Waals surface area (Å²) >= 11 is 0. The highest BCUT2D eigenvalue weighted by molar-refractivity contribution is 5.66. The molecule has 0 saturated carbocycles. The minimum atomic E-state index is -0.255. The van der Waals surface area contributed by atoms with Gasteiger partial charge in [0.1, 0.15) is 6.61 Å². The minimum absolute atomic E-state index is 0.255. The predicted molar refractivity (Wildman–Crippen MR) is 65.9 cm³/mol. The molecule has 1 aromatic rings. The fourth-order valence-electron chi connectivity index (χ4n) is 1.26. The van der Waals surface area contributed by atoms with Gasteiger partial charge < -0.3 is 4.74 Å². The Morgan fingerprint density at radius 3 is 2.56 bits per heavy atom. The van der Waals surface area contributed by atoms with Gasteiger partial charge in [-0.25, -0.2) is 0 Å². The van der Waals surface area contributed by atoms with Crippen LogP contribution in [0.15, 0.2) is 48.1 Å². The molecular formula is C14H16O2. The van der Waals surface area contributed by atoms with Crippen molar-refractivity contribution >= 4 is 12.0 Å². The first-order chi connectivity index (χ1) is 7.68. The molecule has 0 aliphatic rings. The lowest BCUT2D eigenvalue weighted by Crippen LogP contribution is -1.97. The Bertz CT molecular complexity index is 388. The second-order valence-electron chi connectivity index (χ2n) is 3.50. The Balaban J connectivity index is 2.49. The lowest BCUT2D eigenvalue weighted by Gasteiger charge is -1.96. The molecule has 2 nitrogen and oxygen atoms in total. The molecule has 1 aromatic carbocycles. The van der Waals surface area contributed by atoms with Crippen LogP contribution in [0.1, 0.15) is 19.4 Å². The lowest BCUT2D eigenvalue weighted by molar-refractivity contribution is -0.139. The summed E-state index contributed by atoms with van der Waals surface area (Å²) < 4.78 is 4.79. The molecule has 0 aromatic heterocycles. The number of carbonyl (C=O) groups is 1. The molecule has 0 bridgehead atoms.